The predicted octanol–water partition coefficient (Wildman–Crippen LogP) is 2.85. The Morgan fingerprint density at radius 2 is 1.96 bits per heavy atom. The minimum Gasteiger partial charge on any atom is -0.507 e. The third kappa shape index (κ3) is 3.49. The van der Waals surface area contributed by atoms with Crippen LogP contribution in [0.25, 0.3) is 11.3 Å². The summed E-state index contributed by atoms with van der Waals surface area (Å²) >= 11 is 0. The first-order valence-corrected chi connectivity index (χ1v) is 7.37. The minimum atomic E-state index is -0.410. The summed E-state index contributed by atoms with van der Waals surface area (Å²) in [6, 6.07) is 16.3. The smallest absolute Gasteiger partial charge is 0.289 e. The number of phenols is 1. The number of rotatable bonds is 4. The van der Waals surface area contributed by atoms with Crippen molar-refractivity contribution < 1.29 is 9.90 Å². The van der Waals surface area contributed by atoms with Crippen molar-refractivity contribution in [2.24, 2.45) is 5.10 Å². The highest BCUT2D eigenvalue weighted by molar-refractivity contribution is 5.94. The van der Waals surface area contributed by atoms with Crippen LogP contribution in [0.4, 0.5) is 0 Å². The van der Waals surface area contributed by atoms with Crippen LogP contribution < -0.4 is 5.43 Å². The molecular weight excluding hydrogens is 304 g/mol. The summed E-state index contributed by atoms with van der Waals surface area (Å²) in [7, 11) is 0. The summed E-state index contributed by atoms with van der Waals surface area (Å²) in [6.07, 6.45) is 1.38. The van der Waals surface area contributed by atoms with Crippen molar-refractivity contribution in [1.82, 2.24) is 15.6 Å². The number of phenolic OH excluding ortho intramolecular Hbond substituents is 1. The largest absolute Gasteiger partial charge is 0.507 e. The van der Waals surface area contributed by atoms with Crippen molar-refractivity contribution in [3.63, 3.8) is 0 Å². The molecule has 3 N–H and O–H groups in total. The van der Waals surface area contributed by atoms with Gasteiger partial charge in [-0.25, -0.2) is 5.43 Å². The van der Waals surface area contributed by atoms with E-state index < -0.39 is 5.91 Å². The minimum absolute atomic E-state index is 0.0960. The molecule has 120 valence electrons. The van der Waals surface area contributed by atoms with Gasteiger partial charge in [0.2, 0.25) is 0 Å². The van der Waals surface area contributed by atoms with Gasteiger partial charge in [0.1, 0.15) is 11.4 Å². The average Bonchev–Trinajstić information content (AvgIpc) is 3.07. The van der Waals surface area contributed by atoms with Crippen LogP contribution in [0.1, 0.15) is 21.6 Å². The zero-order valence-electron chi connectivity index (χ0n) is 13.0. The van der Waals surface area contributed by atoms with E-state index in [0.29, 0.717) is 17.0 Å². The van der Waals surface area contributed by atoms with E-state index in [1.165, 1.54) is 6.21 Å². The number of nitrogens with zero attached hydrogens (tertiary/aromatic N) is 2. The van der Waals surface area contributed by atoms with E-state index in [1.807, 2.05) is 31.2 Å². The maximum Gasteiger partial charge on any atom is 0.289 e. The number of aromatic amines is 1. The molecule has 0 aliphatic carbocycles. The Bertz CT molecular complexity index is 882. The third-order valence-electron chi connectivity index (χ3n) is 3.48. The second kappa shape index (κ2) is 6.78. The second-order valence-corrected chi connectivity index (χ2v) is 5.29. The van der Waals surface area contributed by atoms with Crippen molar-refractivity contribution in [3.05, 3.63) is 71.4 Å². The molecule has 0 bridgehead atoms. The van der Waals surface area contributed by atoms with Gasteiger partial charge in [-0.3, -0.25) is 9.89 Å². The van der Waals surface area contributed by atoms with Crippen molar-refractivity contribution >= 4 is 12.1 Å². The molecule has 1 amide bonds. The number of aromatic nitrogens is 2. The Labute approximate surface area is 138 Å². The molecule has 24 heavy (non-hydrogen) atoms. The number of hydrogen-bond donors (Lipinski definition) is 3. The van der Waals surface area contributed by atoms with Crippen LogP contribution in [0.2, 0.25) is 0 Å². The lowest BCUT2D eigenvalue weighted by atomic mass is 10.1. The highest BCUT2D eigenvalue weighted by Crippen LogP contribution is 2.18. The molecule has 0 aliphatic rings. The molecule has 1 aromatic heterocycles. The van der Waals surface area contributed by atoms with Gasteiger partial charge in [0.15, 0.2) is 0 Å². The Balaban J connectivity index is 1.68. The lowest BCUT2D eigenvalue weighted by Gasteiger charge is -1.98. The summed E-state index contributed by atoms with van der Waals surface area (Å²) in [6.45, 7) is 2.01. The molecule has 0 atom stereocenters. The van der Waals surface area contributed by atoms with E-state index in [-0.39, 0.29) is 5.75 Å². The lowest BCUT2D eigenvalue weighted by Crippen LogP contribution is -2.18. The molecule has 6 heteroatoms. The van der Waals surface area contributed by atoms with Crippen molar-refractivity contribution in [1.29, 1.82) is 0 Å². The van der Waals surface area contributed by atoms with Crippen LogP contribution in [-0.2, 0) is 0 Å². The van der Waals surface area contributed by atoms with E-state index in [0.717, 1.165) is 11.1 Å². The molecule has 0 unspecified atom stereocenters. The van der Waals surface area contributed by atoms with Gasteiger partial charge in [0.05, 0.1) is 11.9 Å². The lowest BCUT2D eigenvalue weighted by molar-refractivity contribution is 0.0950. The molecule has 6 nitrogen and oxygen atoms in total. The van der Waals surface area contributed by atoms with Gasteiger partial charge in [-0.05, 0) is 25.1 Å². The molecule has 0 saturated carbocycles. The third-order valence-corrected chi connectivity index (χ3v) is 3.48. The number of para-hydroxylation sites is 1. The van der Waals surface area contributed by atoms with E-state index >= 15 is 0 Å². The summed E-state index contributed by atoms with van der Waals surface area (Å²) in [4.78, 5) is 12.1. The van der Waals surface area contributed by atoms with Gasteiger partial charge in [-0.1, -0.05) is 42.0 Å². The number of carbonyl (C=O) groups is 1. The predicted molar refractivity (Wildman–Crippen MR) is 91.9 cm³/mol. The maximum absolute atomic E-state index is 12.1. The molecule has 0 radical (unpaired) electrons. The van der Waals surface area contributed by atoms with Crippen molar-refractivity contribution in [2.45, 2.75) is 6.92 Å². The Kier molecular flexibility index (Phi) is 4.38. The number of aromatic hydroxyl groups is 1. The highest BCUT2D eigenvalue weighted by atomic mass is 16.3. The van der Waals surface area contributed by atoms with Gasteiger partial charge in [0, 0.05) is 11.1 Å². The van der Waals surface area contributed by atoms with Crippen LogP contribution in [-0.4, -0.2) is 27.4 Å². The Morgan fingerprint density at radius 3 is 2.71 bits per heavy atom. The van der Waals surface area contributed by atoms with Gasteiger partial charge in [0.25, 0.3) is 5.91 Å². The fourth-order valence-corrected chi connectivity index (χ4v) is 2.13. The molecular formula is C18H16N4O2. The molecule has 1 heterocycles. The first kappa shape index (κ1) is 15.5. The standard InChI is InChI=1S/C18H16N4O2/c1-12-6-8-13(9-7-12)15-10-16(21-20-15)18(24)22-19-11-14-4-2-3-5-17(14)23/h2-11,23H,1H3,(H,20,21)(H,22,24). The van der Waals surface area contributed by atoms with Crippen LogP contribution in [0.15, 0.2) is 59.7 Å². The van der Waals surface area contributed by atoms with E-state index in [2.05, 4.69) is 20.7 Å². The molecule has 3 aromatic rings. The zero-order chi connectivity index (χ0) is 16.9. The van der Waals surface area contributed by atoms with Crippen LogP contribution in [0.3, 0.4) is 0 Å². The number of hydrazone groups is 1. The fraction of sp³-hybridized carbons (Fsp3) is 0.0556. The van der Waals surface area contributed by atoms with E-state index in [9.17, 15) is 9.90 Å². The summed E-state index contributed by atoms with van der Waals surface area (Å²) in [5, 5.41) is 20.3. The number of benzene rings is 2. The zero-order valence-corrected chi connectivity index (χ0v) is 13.0. The molecule has 0 aliphatic heterocycles. The van der Waals surface area contributed by atoms with Crippen LogP contribution in [0.5, 0.6) is 5.75 Å². The van der Waals surface area contributed by atoms with Crippen molar-refractivity contribution in [3.8, 4) is 17.0 Å². The Hall–Kier alpha value is -3.41. The topological polar surface area (TPSA) is 90.4 Å². The monoisotopic (exact) mass is 320 g/mol. The Morgan fingerprint density at radius 1 is 1.21 bits per heavy atom. The van der Waals surface area contributed by atoms with E-state index in [4.69, 9.17) is 0 Å². The number of carbonyl (C=O) groups excluding carboxylic acids is 1. The summed E-state index contributed by atoms with van der Waals surface area (Å²) < 4.78 is 0. The SMILES string of the molecule is Cc1ccc(-c2cc(C(=O)NN=Cc3ccccc3O)[nH]n2)cc1. The number of aryl methyl sites for hydroxylation is 1. The van der Waals surface area contributed by atoms with Crippen molar-refractivity contribution in [2.75, 3.05) is 0 Å². The number of amides is 1. The van der Waals surface area contributed by atoms with Gasteiger partial charge in [-0.2, -0.15) is 10.2 Å². The first-order chi connectivity index (χ1) is 11.6. The average molecular weight is 320 g/mol. The second-order valence-electron chi connectivity index (χ2n) is 5.29. The van der Waals surface area contributed by atoms with Crippen LogP contribution >= 0.6 is 0 Å². The molecule has 2 aromatic carbocycles. The molecule has 0 saturated heterocycles. The van der Waals surface area contributed by atoms with Gasteiger partial charge in [-0.15, -0.1) is 0 Å². The van der Waals surface area contributed by atoms with Gasteiger partial charge >= 0.3 is 0 Å². The number of nitrogens with one attached hydrogen (secondary N) is 2. The van der Waals surface area contributed by atoms with Crippen LogP contribution in [0, 0.1) is 6.92 Å². The number of hydrogen-bond acceptors (Lipinski definition) is 4. The summed E-state index contributed by atoms with van der Waals surface area (Å²) in [5.41, 5.74) is 5.99. The van der Waals surface area contributed by atoms with Gasteiger partial charge < -0.3 is 5.11 Å². The molecule has 3 rings (SSSR count). The normalized spacial score (nSPS) is 10.9. The first-order valence-electron chi connectivity index (χ1n) is 7.37. The summed E-state index contributed by atoms with van der Waals surface area (Å²) in [5.74, 6) is -0.314. The quantitative estimate of drug-likeness (QED) is 0.510. The highest BCUT2D eigenvalue weighted by Gasteiger charge is 2.10. The molecule has 0 spiro atoms. The number of H-pyrrole nitrogens is 1. The maximum atomic E-state index is 12.1. The van der Waals surface area contributed by atoms with E-state index in [1.54, 1.807) is 30.3 Å². The fourth-order valence-electron chi connectivity index (χ4n) is 2.13. The molecule has 0 fully saturated rings.